The second-order valence-corrected chi connectivity index (χ2v) is 11.1. The molecule has 3 saturated carbocycles. The van der Waals surface area contributed by atoms with Crippen molar-refractivity contribution in [3.05, 3.63) is 12.2 Å². The first-order chi connectivity index (χ1) is 13.1. The van der Waals surface area contributed by atoms with Gasteiger partial charge in [0.05, 0.1) is 11.7 Å². The Morgan fingerprint density at radius 1 is 1.07 bits per heavy atom. The number of aliphatic hydroxyl groups excluding tert-OH is 2. The van der Waals surface area contributed by atoms with Crippen molar-refractivity contribution in [2.45, 2.75) is 90.6 Å². The van der Waals surface area contributed by atoms with Gasteiger partial charge in [-0.1, -0.05) is 26.8 Å². The van der Waals surface area contributed by atoms with Crippen molar-refractivity contribution < 1.29 is 19.7 Å². The predicted octanol–water partition coefficient (Wildman–Crippen LogP) is 4.30. The number of fused-ring (bicyclic) bond motifs is 2. The SMILES string of the molecule is C=C1[C@@H](CC)CC2C3[C@@H](CC4[C@](C)(CO)CCC[C@@]24CO)OC(C)(C)O[C@]13C. The molecule has 4 fully saturated rings. The van der Waals surface area contributed by atoms with Gasteiger partial charge >= 0.3 is 0 Å². The maximum Gasteiger partial charge on any atom is 0.164 e. The summed E-state index contributed by atoms with van der Waals surface area (Å²) in [5.41, 5.74) is 0.492. The van der Waals surface area contributed by atoms with Crippen LogP contribution in [0.3, 0.4) is 0 Å². The highest BCUT2D eigenvalue weighted by molar-refractivity contribution is 5.28. The van der Waals surface area contributed by atoms with Crippen LogP contribution in [0.2, 0.25) is 0 Å². The summed E-state index contributed by atoms with van der Waals surface area (Å²) < 4.78 is 13.2. The fourth-order valence-electron chi connectivity index (χ4n) is 8.07. The van der Waals surface area contributed by atoms with Crippen molar-refractivity contribution in [1.82, 2.24) is 0 Å². The number of ether oxygens (including phenoxy) is 2. The second-order valence-electron chi connectivity index (χ2n) is 11.1. The van der Waals surface area contributed by atoms with Crippen LogP contribution in [-0.2, 0) is 9.47 Å². The molecule has 160 valence electrons. The van der Waals surface area contributed by atoms with Crippen molar-refractivity contribution in [3.63, 3.8) is 0 Å². The molecule has 8 atom stereocenters. The molecule has 1 saturated heterocycles. The molecule has 1 heterocycles. The molecule has 3 unspecified atom stereocenters. The highest BCUT2D eigenvalue weighted by Gasteiger charge is 2.69. The summed E-state index contributed by atoms with van der Waals surface area (Å²) in [6.45, 7) is 15.6. The quantitative estimate of drug-likeness (QED) is 0.703. The number of rotatable bonds is 3. The van der Waals surface area contributed by atoms with Crippen molar-refractivity contribution in [3.8, 4) is 0 Å². The van der Waals surface area contributed by atoms with Crippen LogP contribution in [0.25, 0.3) is 0 Å². The summed E-state index contributed by atoms with van der Waals surface area (Å²) >= 11 is 0. The lowest BCUT2D eigenvalue weighted by atomic mass is 9.40. The topological polar surface area (TPSA) is 58.9 Å². The van der Waals surface area contributed by atoms with E-state index in [2.05, 4.69) is 27.4 Å². The van der Waals surface area contributed by atoms with Crippen LogP contribution in [0.1, 0.15) is 73.1 Å². The fraction of sp³-hybridized carbons (Fsp3) is 0.917. The molecule has 1 aliphatic heterocycles. The highest BCUT2D eigenvalue weighted by Crippen LogP contribution is 2.68. The predicted molar refractivity (Wildman–Crippen MR) is 110 cm³/mol. The monoisotopic (exact) mass is 392 g/mol. The molecule has 0 aromatic heterocycles. The molecule has 4 aliphatic rings. The van der Waals surface area contributed by atoms with E-state index in [-0.39, 0.29) is 42.0 Å². The molecule has 0 aromatic carbocycles. The molecule has 0 amide bonds. The van der Waals surface area contributed by atoms with Crippen molar-refractivity contribution in [2.75, 3.05) is 13.2 Å². The lowest BCUT2D eigenvalue weighted by molar-refractivity contribution is -0.382. The van der Waals surface area contributed by atoms with E-state index in [0.717, 1.165) is 38.5 Å². The molecular formula is C24H40O4. The van der Waals surface area contributed by atoms with E-state index in [1.54, 1.807) is 0 Å². The number of aliphatic hydroxyl groups is 2. The standard InChI is InChI=1S/C24H40O4/c1-7-16-11-17-20-18(27-21(3,4)28-23(20,6)15(16)2)12-19-22(5,13-25)9-8-10-24(17,19)14-26/h16-20,25-26H,2,7-14H2,1,3-6H3/t16-,17?,18+,19?,20?,22-,23+,24+/m0/s1. The molecule has 0 radical (unpaired) electrons. The first-order valence-electron chi connectivity index (χ1n) is 11.4. The Morgan fingerprint density at radius 2 is 1.79 bits per heavy atom. The van der Waals surface area contributed by atoms with Crippen molar-refractivity contribution in [2.24, 2.45) is 34.5 Å². The van der Waals surface area contributed by atoms with E-state index in [0.29, 0.717) is 11.8 Å². The molecule has 0 aromatic rings. The van der Waals surface area contributed by atoms with Crippen LogP contribution in [0.15, 0.2) is 12.2 Å². The van der Waals surface area contributed by atoms with E-state index in [4.69, 9.17) is 9.47 Å². The Hall–Kier alpha value is -0.420. The second kappa shape index (κ2) is 6.54. The van der Waals surface area contributed by atoms with E-state index in [1.807, 2.05) is 13.8 Å². The van der Waals surface area contributed by atoms with E-state index in [9.17, 15) is 10.2 Å². The zero-order valence-corrected chi connectivity index (χ0v) is 18.5. The third kappa shape index (κ3) is 2.64. The zero-order chi connectivity index (χ0) is 20.5. The van der Waals surface area contributed by atoms with Gasteiger partial charge in [-0.15, -0.1) is 0 Å². The average Bonchev–Trinajstić information content (AvgIpc) is 2.64. The smallest absolute Gasteiger partial charge is 0.164 e. The molecule has 2 N–H and O–H groups in total. The fourth-order valence-corrected chi connectivity index (χ4v) is 8.07. The molecule has 0 spiro atoms. The zero-order valence-electron chi connectivity index (χ0n) is 18.5. The lowest BCUT2D eigenvalue weighted by Gasteiger charge is -2.69. The summed E-state index contributed by atoms with van der Waals surface area (Å²) in [4.78, 5) is 0. The average molecular weight is 393 g/mol. The Morgan fingerprint density at radius 3 is 2.39 bits per heavy atom. The third-order valence-corrected chi connectivity index (χ3v) is 9.31. The lowest BCUT2D eigenvalue weighted by Crippen LogP contribution is -2.71. The van der Waals surface area contributed by atoms with Gasteiger partial charge in [-0.05, 0) is 81.6 Å². The van der Waals surface area contributed by atoms with Crippen LogP contribution < -0.4 is 0 Å². The summed E-state index contributed by atoms with van der Waals surface area (Å²) in [5, 5.41) is 21.2. The minimum absolute atomic E-state index is 0.0851. The van der Waals surface area contributed by atoms with E-state index < -0.39 is 11.4 Å². The van der Waals surface area contributed by atoms with Crippen molar-refractivity contribution >= 4 is 0 Å². The Labute approximate surface area is 170 Å². The van der Waals surface area contributed by atoms with Crippen LogP contribution in [-0.4, -0.2) is 40.9 Å². The number of hydrogen-bond donors (Lipinski definition) is 2. The normalized spacial score (nSPS) is 52.7. The maximum absolute atomic E-state index is 10.8. The maximum atomic E-state index is 10.8. The molecule has 0 bridgehead atoms. The Kier molecular flexibility index (Phi) is 4.86. The summed E-state index contributed by atoms with van der Waals surface area (Å²) in [5.74, 6) is 0.592. The Balaban J connectivity index is 1.86. The third-order valence-electron chi connectivity index (χ3n) is 9.31. The molecule has 28 heavy (non-hydrogen) atoms. The molecule has 3 aliphatic carbocycles. The van der Waals surface area contributed by atoms with E-state index in [1.165, 1.54) is 5.57 Å². The van der Waals surface area contributed by atoms with Gasteiger partial charge in [-0.3, -0.25) is 0 Å². The Bertz CT molecular complexity index is 645. The van der Waals surface area contributed by atoms with Gasteiger partial charge in [0.25, 0.3) is 0 Å². The molecule has 4 heteroatoms. The summed E-state index contributed by atoms with van der Waals surface area (Å²) in [6, 6.07) is 0. The summed E-state index contributed by atoms with van der Waals surface area (Å²) in [7, 11) is 0. The molecule has 4 nitrogen and oxygen atoms in total. The minimum atomic E-state index is -0.650. The van der Waals surface area contributed by atoms with Gasteiger partial charge in [-0.25, -0.2) is 0 Å². The van der Waals surface area contributed by atoms with Gasteiger partial charge in [-0.2, -0.15) is 0 Å². The van der Waals surface area contributed by atoms with Crippen LogP contribution in [0, 0.1) is 34.5 Å². The van der Waals surface area contributed by atoms with Gasteiger partial charge < -0.3 is 19.7 Å². The van der Waals surface area contributed by atoms with Gasteiger partial charge in [0.15, 0.2) is 5.79 Å². The highest BCUT2D eigenvalue weighted by atomic mass is 16.7. The van der Waals surface area contributed by atoms with Gasteiger partial charge in [0, 0.05) is 24.5 Å². The minimum Gasteiger partial charge on any atom is -0.396 e. The van der Waals surface area contributed by atoms with Gasteiger partial charge in [0.1, 0.15) is 0 Å². The van der Waals surface area contributed by atoms with Gasteiger partial charge in [0.2, 0.25) is 0 Å². The van der Waals surface area contributed by atoms with Crippen LogP contribution in [0.5, 0.6) is 0 Å². The van der Waals surface area contributed by atoms with Crippen LogP contribution in [0.4, 0.5) is 0 Å². The molecule has 4 rings (SSSR count). The van der Waals surface area contributed by atoms with E-state index >= 15 is 0 Å². The largest absolute Gasteiger partial charge is 0.396 e. The number of hydrogen-bond acceptors (Lipinski definition) is 4. The molecular weight excluding hydrogens is 352 g/mol. The first kappa shape index (κ1) is 20.8. The van der Waals surface area contributed by atoms with Crippen LogP contribution >= 0.6 is 0 Å². The first-order valence-corrected chi connectivity index (χ1v) is 11.4. The van der Waals surface area contributed by atoms with Crippen molar-refractivity contribution in [1.29, 1.82) is 0 Å². The summed E-state index contributed by atoms with van der Waals surface area (Å²) in [6.07, 6.45) is 6.23.